The number of carbonyl (C=O) groups excluding carboxylic acids is 1. The molecule has 17 heavy (non-hydrogen) atoms. The fourth-order valence-corrected chi connectivity index (χ4v) is 1.36. The van der Waals surface area contributed by atoms with Crippen molar-refractivity contribution < 1.29 is 18.0 Å². The van der Waals surface area contributed by atoms with Gasteiger partial charge >= 0.3 is 6.18 Å². The maximum atomic E-state index is 12.1. The van der Waals surface area contributed by atoms with Gasteiger partial charge in [0.1, 0.15) is 0 Å². The fourth-order valence-electron chi connectivity index (χ4n) is 1.36. The molecule has 0 atom stereocenters. The van der Waals surface area contributed by atoms with E-state index in [-0.39, 0.29) is 0 Å². The summed E-state index contributed by atoms with van der Waals surface area (Å²) in [5.41, 5.74) is -0.645. The average Bonchev–Trinajstić information content (AvgIpc) is 2.70. The lowest BCUT2D eigenvalue weighted by Crippen LogP contribution is -2.23. The highest BCUT2D eigenvalue weighted by molar-refractivity contribution is 5.98. The van der Waals surface area contributed by atoms with Crippen LogP contribution in [0.25, 0.3) is 0 Å². The lowest BCUT2D eigenvalue weighted by Gasteiger charge is -2.00. The molecule has 0 saturated heterocycles. The van der Waals surface area contributed by atoms with Gasteiger partial charge in [-0.15, -0.1) is 5.10 Å². The van der Waals surface area contributed by atoms with Gasteiger partial charge in [-0.05, 0) is 6.42 Å². The van der Waals surface area contributed by atoms with Crippen LogP contribution in [0.5, 0.6) is 0 Å². The maximum Gasteiger partial charge on any atom is 0.456 e. The van der Waals surface area contributed by atoms with Gasteiger partial charge in [0.2, 0.25) is 0 Å². The molecule has 0 spiro atoms. The van der Waals surface area contributed by atoms with Crippen LogP contribution >= 0.6 is 0 Å². The molecule has 0 aliphatic heterocycles. The molecule has 1 aromatic heterocycles. The molecule has 4 nitrogen and oxygen atoms in total. The predicted molar refractivity (Wildman–Crippen MR) is 54.5 cm³/mol. The van der Waals surface area contributed by atoms with E-state index < -0.39 is 17.7 Å². The minimum atomic E-state index is -4.89. The molecule has 0 N–H and O–H groups in total. The zero-order valence-corrected chi connectivity index (χ0v) is 9.50. The quantitative estimate of drug-likeness (QED) is 0.575. The van der Waals surface area contributed by atoms with Crippen molar-refractivity contribution in [3.05, 3.63) is 11.9 Å². The number of unbranched alkanes of at least 4 members (excludes halogenated alkanes) is 3. The van der Waals surface area contributed by atoms with Crippen LogP contribution in [-0.4, -0.2) is 27.0 Å². The van der Waals surface area contributed by atoms with E-state index in [2.05, 4.69) is 17.2 Å². The highest BCUT2D eigenvalue weighted by Gasteiger charge is 2.41. The zero-order chi connectivity index (χ0) is 12.9. The summed E-state index contributed by atoms with van der Waals surface area (Å²) in [5, 5.41) is 6.72. The fraction of sp³-hybridized carbons (Fsp3) is 0.700. The lowest BCUT2D eigenvalue weighted by molar-refractivity contribution is -0.0888. The van der Waals surface area contributed by atoms with Crippen molar-refractivity contribution in [1.29, 1.82) is 0 Å². The van der Waals surface area contributed by atoms with E-state index in [4.69, 9.17) is 0 Å². The number of hydrogen-bond acceptors (Lipinski definition) is 3. The third kappa shape index (κ3) is 4.16. The van der Waals surface area contributed by atoms with Crippen LogP contribution in [0, 0.1) is 0 Å². The first-order valence-corrected chi connectivity index (χ1v) is 5.46. The van der Waals surface area contributed by atoms with Crippen molar-refractivity contribution in [3.63, 3.8) is 0 Å². The largest absolute Gasteiger partial charge is 0.456 e. The molecular formula is C10H14F3N3O. The van der Waals surface area contributed by atoms with Gasteiger partial charge in [0.05, 0.1) is 6.20 Å². The minimum Gasteiger partial charge on any atom is -0.282 e. The van der Waals surface area contributed by atoms with E-state index >= 15 is 0 Å². The molecule has 1 aromatic rings. The van der Waals surface area contributed by atoms with Crippen LogP contribution in [0.15, 0.2) is 6.20 Å². The van der Waals surface area contributed by atoms with Gasteiger partial charge in [-0.3, -0.25) is 9.48 Å². The second kappa shape index (κ2) is 5.79. The third-order valence-corrected chi connectivity index (χ3v) is 2.27. The Hall–Kier alpha value is -1.40. The number of halogens is 3. The van der Waals surface area contributed by atoms with Crippen molar-refractivity contribution >= 4 is 5.78 Å². The smallest absolute Gasteiger partial charge is 0.282 e. The first kappa shape index (κ1) is 13.7. The number of Topliss-reactive ketones (excluding diaryl/α,β-unsaturated/α-hetero) is 1. The monoisotopic (exact) mass is 249 g/mol. The maximum absolute atomic E-state index is 12.1. The lowest BCUT2D eigenvalue weighted by atomic mass is 10.2. The van der Waals surface area contributed by atoms with Gasteiger partial charge in [0.25, 0.3) is 5.78 Å². The molecule has 96 valence electrons. The number of hydrogen-bond donors (Lipinski definition) is 0. The summed E-state index contributed by atoms with van der Waals surface area (Å²) in [7, 11) is 0. The minimum absolute atomic E-state index is 0.484. The first-order valence-electron chi connectivity index (χ1n) is 5.46. The van der Waals surface area contributed by atoms with E-state index in [1.807, 2.05) is 0 Å². The van der Waals surface area contributed by atoms with Crippen molar-refractivity contribution in [2.45, 2.75) is 45.3 Å². The SMILES string of the molecule is CCCCCCn1cc(C(=O)C(F)(F)F)nn1. The van der Waals surface area contributed by atoms with E-state index in [0.717, 1.165) is 31.9 Å². The van der Waals surface area contributed by atoms with Gasteiger partial charge in [0.15, 0.2) is 5.69 Å². The molecule has 0 aliphatic carbocycles. The van der Waals surface area contributed by atoms with Gasteiger partial charge in [-0.25, -0.2) is 0 Å². The molecule has 0 aromatic carbocycles. The third-order valence-electron chi connectivity index (χ3n) is 2.27. The number of rotatable bonds is 6. The number of alkyl halides is 3. The van der Waals surface area contributed by atoms with Crippen LogP contribution in [0.3, 0.4) is 0 Å². The summed E-state index contributed by atoms with van der Waals surface area (Å²) < 4.78 is 37.5. The van der Waals surface area contributed by atoms with E-state index in [9.17, 15) is 18.0 Å². The molecule has 0 saturated carbocycles. The Morgan fingerprint density at radius 3 is 2.65 bits per heavy atom. The van der Waals surface area contributed by atoms with Crippen molar-refractivity contribution in [3.8, 4) is 0 Å². The highest BCUT2D eigenvalue weighted by atomic mass is 19.4. The normalized spacial score (nSPS) is 11.8. The summed E-state index contributed by atoms with van der Waals surface area (Å²) >= 11 is 0. The van der Waals surface area contributed by atoms with Gasteiger partial charge < -0.3 is 0 Å². The average molecular weight is 249 g/mol. The molecule has 0 radical (unpaired) electrons. The number of carbonyl (C=O) groups is 1. The van der Waals surface area contributed by atoms with Gasteiger partial charge in [-0.2, -0.15) is 13.2 Å². The molecule has 0 bridgehead atoms. The van der Waals surface area contributed by atoms with Crippen molar-refractivity contribution in [2.75, 3.05) is 0 Å². The molecule has 1 heterocycles. The number of ketones is 1. The van der Waals surface area contributed by atoms with Gasteiger partial charge in [-0.1, -0.05) is 31.4 Å². The Morgan fingerprint density at radius 2 is 2.06 bits per heavy atom. The summed E-state index contributed by atoms with van der Waals surface area (Å²) in [4.78, 5) is 10.8. The molecule has 0 aliphatic rings. The molecular weight excluding hydrogens is 235 g/mol. The Bertz CT molecular complexity index is 373. The Morgan fingerprint density at radius 1 is 1.35 bits per heavy atom. The Balaban J connectivity index is 2.51. The second-order valence-electron chi connectivity index (χ2n) is 3.75. The van der Waals surface area contributed by atoms with E-state index in [1.54, 1.807) is 0 Å². The number of aromatic nitrogens is 3. The van der Waals surface area contributed by atoms with E-state index in [1.165, 1.54) is 4.68 Å². The van der Waals surface area contributed by atoms with Gasteiger partial charge in [0, 0.05) is 6.54 Å². The molecule has 7 heteroatoms. The summed E-state index contributed by atoms with van der Waals surface area (Å²) in [6, 6.07) is 0. The Kier molecular flexibility index (Phi) is 4.65. The van der Waals surface area contributed by atoms with Crippen LogP contribution < -0.4 is 0 Å². The molecule has 0 fully saturated rings. The topological polar surface area (TPSA) is 47.8 Å². The van der Waals surface area contributed by atoms with Crippen LogP contribution in [-0.2, 0) is 6.54 Å². The Labute approximate surface area is 96.8 Å². The summed E-state index contributed by atoms with van der Waals surface area (Å²) in [5.74, 6) is -1.95. The first-order chi connectivity index (χ1) is 7.95. The van der Waals surface area contributed by atoms with Crippen molar-refractivity contribution in [1.82, 2.24) is 15.0 Å². The molecule has 0 unspecified atom stereocenters. The number of nitrogens with zero attached hydrogens (tertiary/aromatic N) is 3. The van der Waals surface area contributed by atoms with Crippen LogP contribution in [0.1, 0.15) is 43.1 Å². The highest BCUT2D eigenvalue weighted by Crippen LogP contribution is 2.19. The van der Waals surface area contributed by atoms with Crippen LogP contribution in [0.4, 0.5) is 13.2 Å². The molecule has 0 amide bonds. The molecule has 1 rings (SSSR count). The van der Waals surface area contributed by atoms with E-state index in [0.29, 0.717) is 6.54 Å². The standard InChI is InChI=1S/C10H14F3N3O/c1-2-3-4-5-6-16-7-8(14-15-16)9(17)10(11,12)13/h7H,2-6H2,1H3. The number of aryl methyl sites for hydroxylation is 1. The predicted octanol–water partition coefficient (Wildman–Crippen LogP) is 2.60. The van der Waals surface area contributed by atoms with Crippen molar-refractivity contribution in [2.24, 2.45) is 0 Å². The summed E-state index contributed by atoms with van der Waals surface area (Å²) in [6.45, 7) is 2.55. The zero-order valence-electron chi connectivity index (χ0n) is 9.50. The second-order valence-corrected chi connectivity index (χ2v) is 3.75. The van der Waals surface area contributed by atoms with Crippen LogP contribution in [0.2, 0.25) is 0 Å². The summed E-state index contributed by atoms with van der Waals surface area (Å²) in [6.07, 6.45) is 0.110.